The molecule has 1 unspecified atom stereocenters. The van der Waals surface area contributed by atoms with Gasteiger partial charge in [-0.3, -0.25) is 0 Å². The van der Waals surface area contributed by atoms with E-state index in [1.807, 2.05) is 31.2 Å². The minimum Gasteiger partial charge on any atom is -0.490 e. The second-order valence-electron chi connectivity index (χ2n) is 5.59. The number of aliphatic hydroxyl groups is 1. The maximum atomic E-state index is 9.76. The van der Waals surface area contributed by atoms with Gasteiger partial charge in [-0.05, 0) is 43.7 Å². The zero-order valence-corrected chi connectivity index (χ0v) is 13.7. The van der Waals surface area contributed by atoms with Crippen molar-refractivity contribution in [2.45, 2.75) is 52.9 Å². The highest BCUT2D eigenvalue weighted by Crippen LogP contribution is 2.33. The van der Waals surface area contributed by atoms with Crippen molar-refractivity contribution in [1.82, 2.24) is 0 Å². The Morgan fingerprint density at radius 1 is 1.00 bits per heavy atom. The van der Waals surface area contributed by atoms with E-state index in [9.17, 15) is 5.11 Å². The molecule has 0 aliphatic rings. The first-order valence-corrected chi connectivity index (χ1v) is 8.16. The lowest BCUT2D eigenvalue weighted by Gasteiger charge is -2.30. The number of hydrogen-bond donors (Lipinski definition) is 1. The Bertz CT molecular complexity index is 386. The Hall–Kier alpha value is -1.22. The number of unbranched alkanes of at least 4 members (excludes halogenated alkanes) is 1. The number of para-hydroxylation sites is 2. The van der Waals surface area contributed by atoms with Crippen molar-refractivity contribution in [3.8, 4) is 11.5 Å². The van der Waals surface area contributed by atoms with E-state index in [0.29, 0.717) is 13.2 Å². The number of rotatable bonds is 11. The lowest BCUT2D eigenvalue weighted by atomic mass is 9.78. The molecule has 21 heavy (non-hydrogen) atoms. The topological polar surface area (TPSA) is 38.7 Å². The molecule has 1 N–H and O–H groups in total. The lowest BCUT2D eigenvalue weighted by molar-refractivity contribution is 0.0795. The molecule has 120 valence electrons. The summed E-state index contributed by atoms with van der Waals surface area (Å²) < 4.78 is 11.5. The Morgan fingerprint density at radius 2 is 1.67 bits per heavy atom. The first-order valence-electron chi connectivity index (χ1n) is 8.16. The predicted molar refractivity (Wildman–Crippen MR) is 87.1 cm³/mol. The molecule has 0 saturated heterocycles. The van der Waals surface area contributed by atoms with Crippen LogP contribution in [0.4, 0.5) is 0 Å². The van der Waals surface area contributed by atoms with E-state index < -0.39 is 0 Å². The lowest BCUT2D eigenvalue weighted by Crippen LogP contribution is -2.27. The van der Waals surface area contributed by atoms with Crippen molar-refractivity contribution < 1.29 is 14.6 Å². The molecule has 3 nitrogen and oxygen atoms in total. The fraction of sp³-hybridized carbons (Fsp3) is 0.667. The van der Waals surface area contributed by atoms with Crippen LogP contribution in [-0.2, 0) is 0 Å². The van der Waals surface area contributed by atoms with Crippen molar-refractivity contribution in [1.29, 1.82) is 0 Å². The van der Waals surface area contributed by atoms with Gasteiger partial charge in [0.05, 0.1) is 13.2 Å². The van der Waals surface area contributed by atoms with Crippen LogP contribution in [0.5, 0.6) is 11.5 Å². The van der Waals surface area contributed by atoms with Crippen LogP contribution >= 0.6 is 0 Å². The van der Waals surface area contributed by atoms with Crippen molar-refractivity contribution >= 4 is 0 Å². The molecule has 0 heterocycles. The van der Waals surface area contributed by atoms with Gasteiger partial charge in [0.2, 0.25) is 0 Å². The molecule has 0 radical (unpaired) electrons. The average Bonchev–Trinajstić information content (AvgIpc) is 2.53. The van der Waals surface area contributed by atoms with E-state index >= 15 is 0 Å². The largest absolute Gasteiger partial charge is 0.490 e. The van der Waals surface area contributed by atoms with Gasteiger partial charge in [-0.25, -0.2) is 0 Å². The highest BCUT2D eigenvalue weighted by Gasteiger charge is 2.26. The molecule has 0 aliphatic carbocycles. The van der Waals surface area contributed by atoms with Crippen LogP contribution in [0.2, 0.25) is 0 Å². The number of aliphatic hydroxyl groups excluding tert-OH is 1. The SMILES string of the molecule is CCCCC(CC)(CO)CCOc1ccccc1OCC. The fourth-order valence-electron chi connectivity index (χ4n) is 2.52. The maximum absolute atomic E-state index is 9.76. The minimum absolute atomic E-state index is 0.00341. The Kier molecular flexibility index (Phi) is 8.21. The predicted octanol–water partition coefficient (Wildman–Crippen LogP) is 4.43. The van der Waals surface area contributed by atoms with E-state index in [2.05, 4.69) is 13.8 Å². The third-order valence-corrected chi connectivity index (χ3v) is 4.19. The van der Waals surface area contributed by atoms with Gasteiger partial charge in [-0.2, -0.15) is 0 Å². The molecule has 1 aromatic rings. The third kappa shape index (κ3) is 5.58. The molecule has 0 amide bonds. The van der Waals surface area contributed by atoms with Gasteiger partial charge < -0.3 is 14.6 Å². The van der Waals surface area contributed by atoms with Crippen molar-refractivity contribution in [2.75, 3.05) is 19.8 Å². The van der Waals surface area contributed by atoms with Crippen LogP contribution < -0.4 is 9.47 Å². The summed E-state index contributed by atoms with van der Waals surface area (Å²) in [6.45, 7) is 7.79. The molecule has 0 aromatic heterocycles. The molecule has 0 bridgehead atoms. The second-order valence-corrected chi connectivity index (χ2v) is 5.59. The van der Waals surface area contributed by atoms with Gasteiger partial charge in [-0.15, -0.1) is 0 Å². The fourth-order valence-corrected chi connectivity index (χ4v) is 2.52. The molecule has 0 spiro atoms. The minimum atomic E-state index is -0.00341. The summed E-state index contributed by atoms with van der Waals surface area (Å²) in [5, 5.41) is 9.76. The summed E-state index contributed by atoms with van der Waals surface area (Å²) in [4.78, 5) is 0. The van der Waals surface area contributed by atoms with Gasteiger partial charge in [0.15, 0.2) is 11.5 Å². The first-order chi connectivity index (χ1) is 10.2. The van der Waals surface area contributed by atoms with Gasteiger partial charge in [0.25, 0.3) is 0 Å². The monoisotopic (exact) mass is 294 g/mol. The van der Waals surface area contributed by atoms with E-state index in [1.54, 1.807) is 0 Å². The highest BCUT2D eigenvalue weighted by atomic mass is 16.5. The molecule has 1 atom stereocenters. The normalized spacial score (nSPS) is 13.7. The van der Waals surface area contributed by atoms with Crippen LogP contribution in [0.15, 0.2) is 24.3 Å². The van der Waals surface area contributed by atoms with E-state index in [0.717, 1.165) is 43.6 Å². The van der Waals surface area contributed by atoms with Crippen molar-refractivity contribution in [3.05, 3.63) is 24.3 Å². The second kappa shape index (κ2) is 9.67. The summed E-state index contributed by atoms with van der Waals surface area (Å²) in [6.07, 6.45) is 5.24. The molecule has 1 rings (SSSR count). The molecule has 0 saturated carbocycles. The number of benzene rings is 1. The first kappa shape index (κ1) is 17.8. The Morgan fingerprint density at radius 3 is 2.19 bits per heavy atom. The number of ether oxygens (including phenoxy) is 2. The zero-order valence-electron chi connectivity index (χ0n) is 13.7. The summed E-state index contributed by atoms with van der Waals surface area (Å²) >= 11 is 0. The Balaban J connectivity index is 2.57. The summed E-state index contributed by atoms with van der Waals surface area (Å²) in [5.41, 5.74) is -0.00341. The summed E-state index contributed by atoms with van der Waals surface area (Å²) in [5.74, 6) is 1.58. The number of hydrogen-bond acceptors (Lipinski definition) is 3. The molecular weight excluding hydrogens is 264 g/mol. The zero-order chi connectivity index (χ0) is 15.6. The van der Waals surface area contributed by atoms with Crippen LogP contribution in [-0.4, -0.2) is 24.9 Å². The van der Waals surface area contributed by atoms with Crippen molar-refractivity contribution in [3.63, 3.8) is 0 Å². The van der Waals surface area contributed by atoms with Crippen LogP contribution in [0.1, 0.15) is 52.9 Å². The molecule has 0 fully saturated rings. The molecular formula is C18H30O3. The smallest absolute Gasteiger partial charge is 0.161 e. The standard InChI is InChI=1S/C18H30O3/c1-4-7-12-18(5-2,15-19)13-14-21-17-11-9-8-10-16(17)20-6-3/h8-11,19H,4-7,12-15H2,1-3H3. The van der Waals surface area contributed by atoms with Gasteiger partial charge in [0.1, 0.15) is 0 Å². The van der Waals surface area contributed by atoms with E-state index in [4.69, 9.17) is 9.47 Å². The van der Waals surface area contributed by atoms with Gasteiger partial charge >= 0.3 is 0 Å². The quantitative estimate of drug-likeness (QED) is 0.656. The van der Waals surface area contributed by atoms with Crippen LogP contribution in [0.25, 0.3) is 0 Å². The summed E-state index contributed by atoms with van der Waals surface area (Å²) in [6, 6.07) is 7.76. The van der Waals surface area contributed by atoms with Gasteiger partial charge in [-0.1, -0.05) is 38.8 Å². The highest BCUT2D eigenvalue weighted by molar-refractivity contribution is 5.39. The van der Waals surface area contributed by atoms with E-state index in [-0.39, 0.29) is 12.0 Å². The Labute approximate surface area is 129 Å². The molecule has 3 heteroatoms. The van der Waals surface area contributed by atoms with E-state index in [1.165, 1.54) is 0 Å². The average molecular weight is 294 g/mol. The van der Waals surface area contributed by atoms with Crippen LogP contribution in [0.3, 0.4) is 0 Å². The van der Waals surface area contributed by atoms with Gasteiger partial charge in [0, 0.05) is 6.61 Å². The van der Waals surface area contributed by atoms with Crippen LogP contribution in [0, 0.1) is 5.41 Å². The molecule has 1 aromatic carbocycles. The third-order valence-electron chi connectivity index (χ3n) is 4.19. The maximum Gasteiger partial charge on any atom is 0.161 e. The summed E-state index contributed by atoms with van der Waals surface area (Å²) in [7, 11) is 0. The molecule has 0 aliphatic heterocycles. The van der Waals surface area contributed by atoms with Crippen molar-refractivity contribution in [2.24, 2.45) is 5.41 Å².